The van der Waals surface area contributed by atoms with E-state index < -0.39 is 6.10 Å². The molecule has 472 valence electrons. The van der Waals surface area contributed by atoms with E-state index in [0.29, 0.717) is 25.7 Å². The minimum absolute atomic E-state index is 0.0984. The standard InChI is InChI=1S/C77H128O6/c1-4-7-10-13-16-19-22-25-28-31-33-35-36-37-38-39-40-42-43-46-49-52-55-58-61-64-67-70-76(79)82-73-74(72-81-75(78)69-66-63-60-57-54-51-48-45-30-27-24-21-18-15-12-9-6-3)83-77(80)71-68-65-62-59-56-53-50-47-44-41-34-32-29-26-23-20-17-14-11-8-5-2/h7,9-10,12,16,18-19,21,25,27-28,30,33,35,37-38,40,42,46,49,55,58,74H,4-6,8,11,13-15,17,20,22-24,26,29,31-32,34,36,39,41,43-45,47-48,50-54,56-57,59-73H2,1-3H3/b10-7-,12-9-,19-16-,21-18-,28-25-,30-27-,35-33-,38-37-,42-40-,49-46-,58-55-. The summed E-state index contributed by atoms with van der Waals surface area (Å²) in [6, 6.07) is 0. The van der Waals surface area contributed by atoms with Gasteiger partial charge in [0.2, 0.25) is 0 Å². The maximum absolute atomic E-state index is 13.0. The predicted octanol–water partition coefficient (Wildman–Crippen LogP) is 24.1. The monoisotopic (exact) mass is 1150 g/mol. The maximum Gasteiger partial charge on any atom is 0.306 e. The number of allylic oxidation sites excluding steroid dienone is 22. The van der Waals surface area contributed by atoms with Crippen LogP contribution in [-0.4, -0.2) is 37.2 Å². The van der Waals surface area contributed by atoms with Crippen molar-refractivity contribution in [1.29, 1.82) is 0 Å². The fourth-order valence-corrected chi connectivity index (χ4v) is 9.53. The zero-order valence-electron chi connectivity index (χ0n) is 54.2. The van der Waals surface area contributed by atoms with E-state index in [4.69, 9.17) is 14.2 Å². The van der Waals surface area contributed by atoms with Crippen LogP contribution in [0.1, 0.15) is 316 Å². The third-order valence-electron chi connectivity index (χ3n) is 14.7. The second-order valence-electron chi connectivity index (χ2n) is 22.7. The van der Waals surface area contributed by atoms with Gasteiger partial charge in [0.25, 0.3) is 0 Å². The van der Waals surface area contributed by atoms with Crippen LogP contribution in [-0.2, 0) is 28.6 Å². The summed E-state index contributed by atoms with van der Waals surface area (Å²) >= 11 is 0. The molecule has 6 heteroatoms. The summed E-state index contributed by atoms with van der Waals surface area (Å²) in [6.45, 7) is 6.40. The van der Waals surface area contributed by atoms with Gasteiger partial charge >= 0.3 is 17.9 Å². The molecule has 0 aromatic carbocycles. The fourth-order valence-electron chi connectivity index (χ4n) is 9.53. The summed E-state index contributed by atoms with van der Waals surface area (Å²) < 4.78 is 16.9. The molecule has 83 heavy (non-hydrogen) atoms. The van der Waals surface area contributed by atoms with Gasteiger partial charge in [0, 0.05) is 19.3 Å². The third kappa shape index (κ3) is 68.2. The van der Waals surface area contributed by atoms with E-state index in [1.165, 1.54) is 141 Å². The molecule has 0 fully saturated rings. The zero-order valence-corrected chi connectivity index (χ0v) is 54.2. The van der Waals surface area contributed by atoms with Crippen LogP contribution in [0.4, 0.5) is 0 Å². The number of hydrogen-bond acceptors (Lipinski definition) is 6. The molecular weight excluding hydrogens is 1020 g/mol. The molecule has 0 aromatic heterocycles. The molecule has 0 spiro atoms. The summed E-state index contributed by atoms with van der Waals surface area (Å²) in [5.74, 6) is -0.942. The summed E-state index contributed by atoms with van der Waals surface area (Å²) in [5, 5.41) is 0. The fraction of sp³-hybridized carbons (Fsp3) is 0.675. The Bertz CT molecular complexity index is 1750. The van der Waals surface area contributed by atoms with E-state index in [0.717, 1.165) is 128 Å². The van der Waals surface area contributed by atoms with Crippen LogP contribution >= 0.6 is 0 Å². The molecule has 1 atom stereocenters. The molecule has 0 radical (unpaired) electrons. The van der Waals surface area contributed by atoms with Crippen molar-refractivity contribution in [2.75, 3.05) is 13.2 Å². The van der Waals surface area contributed by atoms with Gasteiger partial charge in [-0.2, -0.15) is 0 Å². The first-order chi connectivity index (χ1) is 41.0. The summed E-state index contributed by atoms with van der Waals surface area (Å²) in [4.78, 5) is 38.5. The Hall–Kier alpha value is -4.45. The SMILES string of the molecule is CC/C=C\C/C=C\C/C=C\C/C=C\C/C=C\C/C=C\C/C=C\C/C=C\CCCCC(=O)OCC(COC(=O)CCCCCCCCC/C=C\C/C=C\C/C=C\CC)OC(=O)CCCCCCCCCCCCCCCCCCCCCCC. The first-order valence-corrected chi connectivity index (χ1v) is 34.7. The molecule has 0 aliphatic rings. The Morgan fingerprint density at radius 3 is 0.759 bits per heavy atom. The van der Waals surface area contributed by atoms with Gasteiger partial charge in [-0.05, 0) is 116 Å². The zero-order chi connectivity index (χ0) is 59.9. The molecule has 0 heterocycles. The summed E-state index contributed by atoms with van der Waals surface area (Å²) in [7, 11) is 0. The Kier molecular flexibility index (Phi) is 66.3. The van der Waals surface area contributed by atoms with Crippen LogP contribution < -0.4 is 0 Å². The van der Waals surface area contributed by atoms with Crippen molar-refractivity contribution in [3.63, 3.8) is 0 Å². The van der Waals surface area contributed by atoms with Crippen LogP contribution in [0.15, 0.2) is 134 Å². The van der Waals surface area contributed by atoms with Crippen molar-refractivity contribution in [3.8, 4) is 0 Å². The molecule has 0 aromatic rings. The molecule has 6 nitrogen and oxygen atoms in total. The molecule has 0 N–H and O–H groups in total. The first-order valence-electron chi connectivity index (χ1n) is 34.7. The van der Waals surface area contributed by atoms with Crippen molar-refractivity contribution < 1.29 is 28.6 Å². The Balaban J connectivity index is 4.46. The molecule has 0 aliphatic carbocycles. The van der Waals surface area contributed by atoms with Gasteiger partial charge in [-0.25, -0.2) is 0 Å². The van der Waals surface area contributed by atoms with Crippen LogP contribution in [0.2, 0.25) is 0 Å². The van der Waals surface area contributed by atoms with Gasteiger partial charge < -0.3 is 14.2 Å². The first kappa shape index (κ1) is 78.5. The number of hydrogen-bond donors (Lipinski definition) is 0. The second kappa shape index (κ2) is 70.0. The lowest BCUT2D eigenvalue weighted by molar-refractivity contribution is -0.167. The molecule has 0 aliphatic heterocycles. The minimum atomic E-state index is -0.806. The Labute approximate surface area is 513 Å². The van der Waals surface area contributed by atoms with Crippen LogP contribution in [0, 0.1) is 0 Å². The molecule has 0 saturated carbocycles. The number of carbonyl (C=O) groups excluding carboxylic acids is 3. The Morgan fingerprint density at radius 2 is 0.470 bits per heavy atom. The van der Waals surface area contributed by atoms with Crippen molar-refractivity contribution in [3.05, 3.63) is 134 Å². The topological polar surface area (TPSA) is 78.9 Å². The van der Waals surface area contributed by atoms with Gasteiger partial charge in [0.15, 0.2) is 6.10 Å². The lowest BCUT2D eigenvalue weighted by Gasteiger charge is -2.18. The van der Waals surface area contributed by atoms with Crippen LogP contribution in [0.5, 0.6) is 0 Å². The van der Waals surface area contributed by atoms with Crippen molar-refractivity contribution in [2.24, 2.45) is 0 Å². The van der Waals surface area contributed by atoms with Gasteiger partial charge in [0.05, 0.1) is 0 Å². The molecule has 0 amide bonds. The number of carbonyl (C=O) groups is 3. The van der Waals surface area contributed by atoms with Crippen molar-refractivity contribution >= 4 is 17.9 Å². The third-order valence-corrected chi connectivity index (χ3v) is 14.7. The second-order valence-corrected chi connectivity index (χ2v) is 22.7. The van der Waals surface area contributed by atoms with Crippen LogP contribution in [0.25, 0.3) is 0 Å². The van der Waals surface area contributed by atoms with Gasteiger partial charge in [-0.3, -0.25) is 14.4 Å². The Morgan fingerprint density at radius 1 is 0.253 bits per heavy atom. The van der Waals surface area contributed by atoms with Crippen LogP contribution in [0.3, 0.4) is 0 Å². The lowest BCUT2D eigenvalue weighted by Crippen LogP contribution is -2.30. The van der Waals surface area contributed by atoms with E-state index in [9.17, 15) is 14.4 Å². The molecular formula is C77H128O6. The summed E-state index contributed by atoms with van der Waals surface area (Å²) in [5.41, 5.74) is 0. The predicted molar refractivity (Wildman–Crippen MR) is 362 cm³/mol. The van der Waals surface area contributed by atoms with E-state index >= 15 is 0 Å². The highest BCUT2D eigenvalue weighted by molar-refractivity contribution is 5.71. The highest BCUT2D eigenvalue weighted by Crippen LogP contribution is 2.17. The average Bonchev–Trinajstić information content (AvgIpc) is 3.49. The van der Waals surface area contributed by atoms with Gasteiger partial charge in [0.1, 0.15) is 13.2 Å². The molecule has 0 rings (SSSR count). The molecule has 1 unspecified atom stereocenters. The maximum atomic E-state index is 13.0. The summed E-state index contributed by atoms with van der Waals surface area (Å²) in [6.07, 6.45) is 99.0. The van der Waals surface area contributed by atoms with Crippen molar-refractivity contribution in [1.82, 2.24) is 0 Å². The highest BCUT2D eigenvalue weighted by atomic mass is 16.6. The lowest BCUT2D eigenvalue weighted by atomic mass is 10.0. The van der Waals surface area contributed by atoms with E-state index in [2.05, 4.69) is 154 Å². The molecule has 0 saturated heterocycles. The number of esters is 3. The molecule has 0 bridgehead atoms. The van der Waals surface area contributed by atoms with E-state index in [1.54, 1.807) is 0 Å². The van der Waals surface area contributed by atoms with Crippen molar-refractivity contribution in [2.45, 2.75) is 322 Å². The highest BCUT2D eigenvalue weighted by Gasteiger charge is 2.19. The van der Waals surface area contributed by atoms with Gasteiger partial charge in [-0.1, -0.05) is 315 Å². The van der Waals surface area contributed by atoms with Gasteiger partial charge in [-0.15, -0.1) is 0 Å². The van der Waals surface area contributed by atoms with E-state index in [-0.39, 0.29) is 31.1 Å². The largest absolute Gasteiger partial charge is 0.462 e. The number of rotatable bonds is 62. The number of unbranched alkanes of at least 4 members (excludes halogenated alkanes) is 29. The number of ether oxygens (including phenoxy) is 3. The van der Waals surface area contributed by atoms with E-state index in [1.807, 2.05) is 0 Å². The minimum Gasteiger partial charge on any atom is -0.462 e. The quantitative estimate of drug-likeness (QED) is 0.0261. The normalized spacial score (nSPS) is 13.0. The average molecular weight is 1150 g/mol. The smallest absolute Gasteiger partial charge is 0.306 e.